The van der Waals surface area contributed by atoms with E-state index in [1.807, 2.05) is 13.8 Å². The monoisotopic (exact) mass is 354 g/mol. The maximum atomic E-state index is 13.9. The summed E-state index contributed by atoms with van der Waals surface area (Å²) in [4.78, 5) is 12.4. The lowest BCUT2D eigenvalue weighted by atomic mass is 9.94. The van der Waals surface area contributed by atoms with Crippen LogP contribution >= 0.6 is 12.4 Å². The Morgan fingerprint density at radius 3 is 2.54 bits per heavy atom. The van der Waals surface area contributed by atoms with Crippen molar-refractivity contribution in [2.45, 2.75) is 39.2 Å². The van der Waals surface area contributed by atoms with E-state index in [1.165, 1.54) is 16.9 Å². The molecule has 1 aromatic heterocycles. The standard InChI is InChI=1S/C17H23FN4O.ClH/c1-4-17(19,5-2)11-20-16(23)13-10-21-22(12(13)3)15-9-7-6-8-14(15)18;/h6-10H,4-5,11,19H2,1-3H3,(H,20,23);1H. The van der Waals surface area contributed by atoms with Gasteiger partial charge in [-0.1, -0.05) is 26.0 Å². The van der Waals surface area contributed by atoms with Gasteiger partial charge in [0.1, 0.15) is 11.5 Å². The number of para-hydroxylation sites is 1. The molecule has 0 fully saturated rings. The first kappa shape index (κ1) is 20.1. The average Bonchev–Trinajstić information content (AvgIpc) is 2.94. The van der Waals surface area contributed by atoms with Gasteiger partial charge in [0.05, 0.1) is 17.5 Å². The van der Waals surface area contributed by atoms with Crippen LogP contribution in [0.15, 0.2) is 30.5 Å². The number of rotatable bonds is 6. The van der Waals surface area contributed by atoms with Crippen LogP contribution in [0.2, 0.25) is 0 Å². The molecule has 0 atom stereocenters. The number of amides is 1. The van der Waals surface area contributed by atoms with Crippen LogP contribution < -0.4 is 11.1 Å². The number of nitrogens with two attached hydrogens (primary N) is 1. The summed E-state index contributed by atoms with van der Waals surface area (Å²) in [6.07, 6.45) is 3.00. The van der Waals surface area contributed by atoms with Crippen LogP contribution in [0.4, 0.5) is 4.39 Å². The van der Waals surface area contributed by atoms with Crippen LogP contribution in [0.1, 0.15) is 42.7 Å². The first-order valence-corrected chi connectivity index (χ1v) is 7.78. The van der Waals surface area contributed by atoms with E-state index in [0.29, 0.717) is 23.5 Å². The van der Waals surface area contributed by atoms with Gasteiger partial charge in [-0.25, -0.2) is 9.07 Å². The number of halogens is 2. The lowest BCUT2D eigenvalue weighted by Crippen LogP contribution is -2.49. The van der Waals surface area contributed by atoms with E-state index in [-0.39, 0.29) is 24.1 Å². The van der Waals surface area contributed by atoms with Gasteiger partial charge in [-0.2, -0.15) is 5.10 Å². The number of benzene rings is 1. The lowest BCUT2D eigenvalue weighted by Gasteiger charge is -2.26. The number of hydrogen-bond acceptors (Lipinski definition) is 3. The topological polar surface area (TPSA) is 72.9 Å². The molecule has 3 N–H and O–H groups in total. The quantitative estimate of drug-likeness (QED) is 0.837. The Bertz CT molecular complexity index is 698. The second-order valence-corrected chi connectivity index (χ2v) is 5.76. The molecule has 0 aliphatic rings. The molecule has 0 saturated heterocycles. The summed E-state index contributed by atoms with van der Waals surface area (Å²) in [6, 6.07) is 6.32. The Morgan fingerprint density at radius 2 is 1.96 bits per heavy atom. The van der Waals surface area contributed by atoms with Gasteiger partial charge < -0.3 is 11.1 Å². The lowest BCUT2D eigenvalue weighted by molar-refractivity contribution is 0.0941. The normalized spacial score (nSPS) is 11.0. The van der Waals surface area contributed by atoms with E-state index in [2.05, 4.69) is 10.4 Å². The van der Waals surface area contributed by atoms with Crippen LogP contribution in [0.25, 0.3) is 5.69 Å². The van der Waals surface area contributed by atoms with E-state index < -0.39 is 5.54 Å². The van der Waals surface area contributed by atoms with Gasteiger partial charge in [0.15, 0.2) is 0 Å². The number of aromatic nitrogens is 2. The van der Waals surface area contributed by atoms with Crippen molar-refractivity contribution in [3.8, 4) is 5.69 Å². The Hall–Kier alpha value is -1.92. The van der Waals surface area contributed by atoms with E-state index in [9.17, 15) is 9.18 Å². The van der Waals surface area contributed by atoms with Crippen molar-refractivity contribution in [2.75, 3.05) is 6.54 Å². The first-order chi connectivity index (χ1) is 10.9. The molecule has 0 radical (unpaired) electrons. The fourth-order valence-electron chi connectivity index (χ4n) is 2.35. The molecule has 0 aliphatic carbocycles. The maximum Gasteiger partial charge on any atom is 0.254 e. The van der Waals surface area contributed by atoms with Gasteiger partial charge in [0.2, 0.25) is 0 Å². The first-order valence-electron chi connectivity index (χ1n) is 7.78. The van der Waals surface area contributed by atoms with Crippen molar-refractivity contribution in [3.63, 3.8) is 0 Å². The molecule has 0 bridgehead atoms. The van der Waals surface area contributed by atoms with Crippen LogP contribution in [-0.2, 0) is 0 Å². The summed E-state index contributed by atoms with van der Waals surface area (Å²) in [5, 5.41) is 6.99. The molecule has 5 nitrogen and oxygen atoms in total. The van der Waals surface area contributed by atoms with Gasteiger partial charge in [-0.05, 0) is 31.9 Å². The van der Waals surface area contributed by atoms with Crippen LogP contribution in [-0.4, -0.2) is 27.8 Å². The molecule has 1 heterocycles. The Morgan fingerprint density at radius 1 is 1.33 bits per heavy atom. The summed E-state index contributed by atoms with van der Waals surface area (Å²) < 4.78 is 15.3. The number of hydrogen-bond donors (Lipinski definition) is 2. The fourth-order valence-corrected chi connectivity index (χ4v) is 2.35. The van der Waals surface area contributed by atoms with Gasteiger partial charge in [-0.15, -0.1) is 12.4 Å². The average molecular weight is 355 g/mol. The highest BCUT2D eigenvalue weighted by Crippen LogP contribution is 2.17. The second-order valence-electron chi connectivity index (χ2n) is 5.76. The molecular formula is C17H24ClFN4O. The molecule has 1 amide bonds. The third-order valence-electron chi connectivity index (χ3n) is 4.34. The predicted octanol–water partition coefficient (Wildman–Crippen LogP) is 2.99. The summed E-state index contributed by atoms with van der Waals surface area (Å²) in [5.41, 5.74) is 7.10. The summed E-state index contributed by atoms with van der Waals surface area (Å²) in [6.45, 7) is 6.13. The van der Waals surface area contributed by atoms with E-state index in [4.69, 9.17) is 5.73 Å². The van der Waals surface area contributed by atoms with Gasteiger partial charge in [0.25, 0.3) is 5.91 Å². The molecule has 0 aliphatic heterocycles. The van der Waals surface area contributed by atoms with E-state index >= 15 is 0 Å². The largest absolute Gasteiger partial charge is 0.350 e. The second kappa shape index (κ2) is 8.26. The zero-order valence-corrected chi connectivity index (χ0v) is 15.0. The SMILES string of the molecule is CCC(N)(CC)CNC(=O)c1cnn(-c2ccccc2F)c1C.Cl. The Labute approximate surface area is 147 Å². The number of nitrogens with one attached hydrogen (secondary N) is 1. The van der Waals surface area contributed by atoms with E-state index in [0.717, 1.165) is 12.8 Å². The van der Waals surface area contributed by atoms with E-state index in [1.54, 1.807) is 25.1 Å². The number of carbonyl (C=O) groups excluding carboxylic acids is 1. The third-order valence-corrected chi connectivity index (χ3v) is 4.34. The van der Waals surface area contributed by atoms with Gasteiger partial charge >= 0.3 is 0 Å². The van der Waals surface area contributed by atoms with Crippen molar-refractivity contribution < 1.29 is 9.18 Å². The molecule has 2 aromatic rings. The smallest absolute Gasteiger partial charge is 0.254 e. The summed E-state index contributed by atoms with van der Waals surface area (Å²) >= 11 is 0. The van der Waals surface area contributed by atoms with Crippen molar-refractivity contribution in [2.24, 2.45) is 5.73 Å². The maximum absolute atomic E-state index is 13.9. The molecule has 2 rings (SSSR count). The Balaban J connectivity index is 0.00000288. The third kappa shape index (κ3) is 4.13. The zero-order valence-electron chi connectivity index (χ0n) is 14.2. The molecule has 0 spiro atoms. The highest BCUT2D eigenvalue weighted by molar-refractivity contribution is 5.95. The van der Waals surface area contributed by atoms with Crippen molar-refractivity contribution in [3.05, 3.63) is 47.5 Å². The molecule has 24 heavy (non-hydrogen) atoms. The molecule has 7 heteroatoms. The minimum absolute atomic E-state index is 0. The van der Waals surface area contributed by atoms with Crippen LogP contribution in [0, 0.1) is 12.7 Å². The van der Waals surface area contributed by atoms with Gasteiger partial charge in [-0.3, -0.25) is 4.79 Å². The minimum Gasteiger partial charge on any atom is -0.350 e. The van der Waals surface area contributed by atoms with Crippen molar-refractivity contribution in [1.29, 1.82) is 0 Å². The Kier molecular flexibility index (Phi) is 6.93. The molecular weight excluding hydrogens is 331 g/mol. The summed E-state index contributed by atoms with van der Waals surface area (Å²) in [5.74, 6) is -0.634. The van der Waals surface area contributed by atoms with Crippen LogP contribution in [0.3, 0.4) is 0 Å². The molecule has 1 aromatic carbocycles. The highest BCUT2D eigenvalue weighted by atomic mass is 35.5. The highest BCUT2D eigenvalue weighted by Gasteiger charge is 2.23. The molecule has 132 valence electrons. The number of carbonyl (C=O) groups is 1. The summed E-state index contributed by atoms with van der Waals surface area (Å²) in [7, 11) is 0. The van der Waals surface area contributed by atoms with Crippen LogP contribution in [0.5, 0.6) is 0 Å². The van der Waals surface area contributed by atoms with Crippen molar-refractivity contribution >= 4 is 18.3 Å². The minimum atomic E-state index is -0.412. The zero-order chi connectivity index (χ0) is 17.0. The molecule has 0 saturated carbocycles. The predicted molar refractivity (Wildman–Crippen MR) is 95.3 cm³/mol. The fraction of sp³-hybridized carbons (Fsp3) is 0.412. The van der Waals surface area contributed by atoms with Crippen molar-refractivity contribution in [1.82, 2.24) is 15.1 Å². The van der Waals surface area contributed by atoms with Gasteiger partial charge in [0, 0.05) is 12.1 Å². The number of nitrogens with zero attached hydrogens (tertiary/aromatic N) is 2. The molecule has 0 unspecified atom stereocenters.